The van der Waals surface area contributed by atoms with E-state index in [1.165, 1.54) is 17.1 Å². The van der Waals surface area contributed by atoms with Crippen LogP contribution in [0.3, 0.4) is 0 Å². The topological polar surface area (TPSA) is 45.6 Å². The van der Waals surface area contributed by atoms with Gasteiger partial charge < -0.3 is 24.4 Å². The fourth-order valence-electron chi connectivity index (χ4n) is 4.51. The summed E-state index contributed by atoms with van der Waals surface area (Å²) in [7, 11) is 2.11. The van der Waals surface area contributed by atoms with Gasteiger partial charge in [0.1, 0.15) is 6.04 Å². The first-order valence-corrected chi connectivity index (χ1v) is 11.1. The van der Waals surface area contributed by atoms with Crippen LogP contribution < -0.4 is 15.1 Å². The van der Waals surface area contributed by atoms with Crippen molar-refractivity contribution in [3.63, 3.8) is 0 Å². The molecule has 0 spiro atoms. The predicted octanol–water partition coefficient (Wildman–Crippen LogP) is 3.74. The van der Waals surface area contributed by atoms with E-state index in [0.717, 1.165) is 42.8 Å². The zero-order valence-electron chi connectivity index (χ0n) is 17.9. The molecule has 2 aromatic heterocycles. The van der Waals surface area contributed by atoms with Crippen LogP contribution in [0.25, 0.3) is 0 Å². The average Bonchev–Trinajstić information content (AvgIpc) is 3.33. The van der Waals surface area contributed by atoms with Crippen molar-refractivity contribution in [2.45, 2.75) is 19.0 Å². The number of aromatic nitrogens is 2. The lowest BCUT2D eigenvalue weighted by molar-refractivity contribution is 0.122. The van der Waals surface area contributed by atoms with E-state index in [-0.39, 0.29) is 12.1 Å². The van der Waals surface area contributed by atoms with Crippen LogP contribution in [0.5, 0.6) is 0 Å². The van der Waals surface area contributed by atoms with Crippen LogP contribution in [-0.4, -0.2) is 41.0 Å². The van der Waals surface area contributed by atoms with Gasteiger partial charge in [0.15, 0.2) is 5.11 Å². The minimum atomic E-state index is -0.0272. The SMILES string of the molecule is Cc1ccc([C@@H]2[C@@H](c3ccccn3)NC(=S)N2c2ccc(N3CCOCC3)cc2)n1C. The van der Waals surface area contributed by atoms with Gasteiger partial charge in [-0.05, 0) is 67.7 Å². The molecule has 1 N–H and O–H groups in total. The number of morpholine rings is 1. The fourth-order valence-corrected chi connectivity index (χ4v) is 4.86. The molecule has 3 aromatic rings. The molecule has 0 saturated carbocycles. The van der Waals surface area contributed by atoms with Crippen LogP contribution in [0.1, 0.15) is 29.2 Å². The Balaban J connectivity index is 1.52. The Hall–Kier alpha value is -2.90. The number of rotatable bonds is 4. The van der Waals surface area contributed by atoms with Gasteiger partial charge in [-0.2, -0.15) is 0 Å². The quantitative estimate of drug-likeness (QED) is 0.633. The fraction of sp³-hybridized carbons (Fsp3) is 0.333. The highest BCUT2D eigenvalue weighted by Gasteiger charge is 2.42. The maximum Gasteiger partial charge on any atom is 0.174 e. The van der Waals surface area contributed by atoms with Gasteiger partial charge in [-0.3, -0.25) is 4.98 Å². The van der Waals surface area contributed by atoms with Gasteiger partial charge in [-0.1, -0.05) is 6.07 Å². The van der Waals surface area contributed by atoms with Crippen molar-refractivity contribution in [3.05, 3.63) is 77.9 Å². The van der Waals surface area contributed by atoms with Gasteiger partial charge in [0.05, 0.1) is 24.9 Å². The second-order valence-electron chi connectivity index (χ2n) is 8.07. The zero-order valence-corrected chi connectivity index (χ0v) is 18.7. The molecule has 7 heteroatoms. The Morgan fingerprint density at radius 1 is 1.00 bits per heavy atom. The standard InChI is InChI=1S/C24H27N5OS/c1-17-6-11-21(27(17)2)23-22(20-5-3-4-12-25-20)26-24(31)29(23)19-9-7-18(8-10-19)28-13-15-30-16-14-28/h3-12,22-23H,13-16H2,1-2H3,(H,26,31)/t22-,23-/m1/s1. The minimum absolute atomic E-state index is 0.00957. The average molecular weight is 434 g/mol. The van der Waals surface area contributed by atoms with Gasteiger partial charge in [-0.25, -0.2) is 0 Å². The number of anilines is 2. The van der Waals surface area contributed by atoms with E-state index in [1.807, 2.05) is 18.3 Å². The lowest BCUT2D eigenvalue weighted by atomic mass is 10.0. The highest BCUT2D eigenvalue weighted by Crippen LogP contribution is 2.42. The second kappa shape index (κ2) is 8.32. The molecule has 2 atom stereocenters. The summed E-state index contributed by atoms with van der Waals surface area (Å²) >= 11 is 5.84. The van der Waals surface area contributed by atoms with E-state index < -0.39 is 0 Å². The summed E-state index contributed by atoms with van der Waals surface area (Å²) < 4.78 is 7.73. The van der Waals surface area contributed by atoms with Crippen molar-refractivity contribution in [3.8, 4) is 0 Å². The Morgan fingerprint density at radius 2 is 1.74 bits per heavy atom. The van der Waals surface area contributed by atoms with Crippen molar-refractivity contribution in [1.29, 1.82) is 0 Å². The molecule has 2 fully saturated rings. The van der Waals surface area contributed by atoms with E-state index in [9.17, 15) is 0 Å². The molecule has 4 heterocycles. The van der Waals surface area contributed by atoms with Crippen LogP contribution in [-0.2, 0) is 11.8 Å². The zero-order chi connectivity index (χ0) is 21.4. The lowest BCUT2D eigenvalue weighted by Gasteiger charge is -2.31. The third kappa shape index (κ3) is 3.68. The number of thiocarbonyl (C=S) groups is 1. The number of hydrogen-bond donors (Lipinski definition) is 1. The summed E-state index contributed by atoms with van der Waals surface area (Å²) in [5.74, 6) is 0. The largest absolute Gasteiger partial charge is 0.378 e. The Bertz CT molecular complexity index is 1060. The maximum atomic E-state index is 5.84. The molecule has 0 aliphatic carbocycles. The maximum absolute atomic E-state index is 5.84. The highest BCUT2D eigenvalue weighted by atomic mass is 32.1. The van der Waals surface area contributed by atoms with Crippen LogP contribution in [0, 0.1) is 6.92 Å². The summed E-state index contributed by atoms with van der Waals surface area (Å²) in [5.41, 5.74) is 5.71. The molecule has 2 aliphatic heterocycles. The van der Waals surface area contributed by atoms with Gasteiger partial charge in [0, 0.05) is 49.1 Å². The normalized spacial score (nSPS) is 21.4. The first kappa shape index (κ1) is 20.0. The van der Waals surface area contributed by atoms with E-state index >= 15 is 0 Å². The molecule has 160 valence electrons. The molecule has 0 bridgehead atoms. The lowest BCUT2D eigenvalue weighted by Crippen LogP contribution is -2.36. The first-order valence-electron chi connectivity index (χ1n) is 10.7. The predicted molar refractivity (Wildman–Crippen MR) is 128 cm³/mol. The van der Waals surface area contributed by atoms with Crippen molar-refractivity contribution < 1.29 is 4.74 Å². The van der Waals surface area contributed by atoms with Gasteiger partial charge in [0.25, 0.3) is 0 Å². The monoisotopic (exact) mass is 433 g/mol. The molecule has 31 heavy (non-hydrogen) atoms. The summed E-state index contributed by atoms with van der Waals surface area (Å²) in [5, 5.41) is 4.26. The molecule has 0 unspecified atom stereocenters. The Labute approximate surface area is 188 Å². The molecule has 0 radical (unpaired) electrons. The highest BCUT2D eigenvalue weighted by molar-refractivity contribution is 7.80. The van der Waals surface area contributed by atoms with Crippen molar-refractivity contribution >= 4 is 28.7 Å². The first-order chi connectivity index (χ1) is 15.1. The van der Waals surface area contributed by atoms with Crippen LogP contribution in [0.2, 0.25) is 0 Å². The van der Waals surface area contributed by atoms with Crippen LogP contribution in [0.15, 0.2) is 60.8 Å². The molecule has 0 amide bonds. The summed E-state index contributed by atoms with van der Waals surface area (Å²) in [6.45, 7) is 5.54. The summed E-state index contributed by atoms with van der Waals surface area (Å²) in [4.78, 5) is 9.23. The van der Waals surface area contributed by atoms with Crippen LogP contribution in [0.4, 0.5) is 11.4 Å². The number of pyridine rings is 1. The number of ether oxygens (including phenoxy) is 1. The number of nitrogens with zero attached hydrogens (tertiary/aromatic N) is 4. The number of nitrogens with one attached hydrogen (secondary N) is 1. The molecular formula is C24H27N5OS. The molecule has 2 saturated heterocycles. The van der Waals surface area contributed by atoms with E-state index in [1.54, 1.807) is 0 Å². The Morgan fingerprint density at radius 3 is 2.39 bits per heavy atom. The smallest absolute Gasteiger partial charge is 0.174 e. The summed E-state index contributed by atoms with van der Waals surface area (Å²) in [6, 6.07) is 19.1. The van der Waals surface area contributed by atoms with E-state index in [2.05, 4.69) is 81.1 Å². The molecule has 1 aromatic carbocycles. The van der Waals surface area contributed by atoms with Gasteiger partial charge >= 0.3 is 0 Å². The van der Waals surface area contributed by atoms with Crippen LogP contribution >= 0.6 is 12.2 Å². The third-order valence-corrected chi connectivity index (χ3v) is 6.63. The molecule has 5 rings (SSSR count). The minimum Gasteiger partial charge on any atom is -0.378 e. The molecule has 6 nitrogen and oxygen atoms in total. The number of benzene rings is 1. The Kier molecular flexibility index (Phi) is 5.38. The van der Waals surface area contributed by atoms with E-state index in [4.69, 9.17) is 17.0 Å². The summed E-state index contributed by atoms with van der Waals surface area (Å²) in [6.07, 6.45) is 1.84. The second-order valence-corrected chi connectivity index (χ2v) is 8.46. The van der Waals surface area contributed by atoms with Crippen molar-refractivity contribution in [2.24, 2.45) is 7.05 Å². The third-order valence-electron chi connectivity index (χ3n) is 6.32. The van der Waals surface area contributed by atoms with Crippen molar-refractivity contribution in [1.82, 2.24) is 14.9 Å². The number of aryl methyl sites for hydroxylation is 1. The van der Waals surface area contributed by atoms with Gasteiger partial charge in [-0.15, -0.1) is 0 Å². The number of hydrogen-bond acceptors (Lipinski definition) is 4. The molecular weight excluding hydrogens is 406 g/mol. The van der Waals surface area contributed by atoms with Crippen molar-refractivity contribution in [2.75, 3.05) is 36.1 Å². The van der Waals surface area contributed by atoms with E-state index in [0.29, 0.717) is 0 Å². The van der Waals surface area contributed by atoms with Gasteiger partial charge in [0.2, 0.25) is 0 Å². The molecule has 2 aliphatic rings.